The van der Waals surface area contributed by atoms with Gasteiger partial charge in [0.05, 0.1) is 5.69 Å². The molecule has 1 rings (SSSR count). The van der Waals surface area contributed by atoms with Crippen molar-refractivity contribution in [2.24, 2.45) is 0 Å². The predicted molar refractivity (Wildman–Crippen MR) is 78.6 cm³/mol. The van der Waals surface area contributed by atoms with E-state index in [0.717, 1.165) is 5.69 Å². The Labute approximate surface area is 112 Å². The topological polar surface area (TPSA) is 24.9 Å². The van der Waals surface area contributed by atoms with Crippen LogP contribution in [0, 0.1) is 0 Å². The van der Waals surface area contributed by atoms with Gasteiger partial charge in [-0.25, -0.2) is 0 Å². The van der Waals surface area contributed by atoms with Crippen molar-refractivity contribution in [1.29, 1.82) is 0 Å². The molecule has 0 spiro atoms. The van der Waals surface area contributed by atoms with E-state index in [1.807, 2.05) is 12.3 Å². The van der Waals surface area contributed by atoms with Gasteiger partial charge < -0.3 is 5.32 Å². The van der Waals surface area contributed by atoms with Gasteiger partial charge >= 0.3 is 0 Å². The SMILES string of the molecule is CCCCCCCC(C)N[C@@H](C)c1ccccn1. The fourth-order valence-electron chi connectivity index (χ4n) is 2.28. The largest absolute Gasteiger partial charge is 0.306 e. The second-order valence-corrected chi connectivity index (χ2v) is 5.25. The molecule has 0 aliphatic carbocycles. The monoisotopic (exact) mass is 248 g/mol. The van der Waals surface area contributed by atoms with Gasteiger partial charge in [0.15, 0.2) is 0 Å². The standard InChI is InChI=1S/C16H28N2/c1-4-5-6-7-8-11-14(2)18-15(3)16-12-9-10-13-17-16/h9-10,12-15,18H,4-8,11H2,1-3H3/t14?,15-/m0/s1. The molecule has 2 nitrogen and oxygen atoms in total. The molecule has 1 N–H and O–H groups in total. The number of pyridine rings is 1. The summed E-state index contributed by atoms with van der Waals surface area (Å²) < 4.78 is 0. The fraction of sp³-hybridized carbons (Fsp3) is 0.688. The Kier molecular flexibility index (Phi) is 7.66. The van der Waals surface area contributed by atoms with Crippen LogP contribution in [0.4, 0.5) is 0 Å². The summed E-state index contributed by atoms with van der Waals surface area (Å²) in [6, 6.07) is 7.02. The molecule has 0 fully saturated rings. The Balaban J connectivity index is 2.17. The Hall–Kier alpha value is -0.890. The van der Waals surface area contributed by atoms with Crippen LogP contribution in [0.2, 0.25) is 0 Å². The molecule has 0 bridgehead atoms. The maximum Gasteiger partial charge on any atom is 0.0570 e. The number of hydrogen-bond acceptors (Lipinski definition) is 2. The molecular formula is C16H28N2. The van der Waals surface area contributed by atoms with Crippen molar-refractivity contribution in [3.8, 4) is 0 Å². The molecule has 0 radical (unpaired) electrons. The molecule has 0 amide bonds. The minimum atomic E-state index is 0.344. The normalized spacial score (nSPS) is 14.4. The first-order chi connectivity index (χ1) is 8.74. The van der Waals surface area contributed by atoms with Gasteiger partial charge in [0.1, 0.15) is 0 Å². The molecule has 18 heavy (non-hydrogen) atoms. The number of aromatic nitrogens is 1. The first-order valence-electron chi connectivity index (χ1n) is 7.41. The summed E-state index contributed by atoms with van der Waals surface area (Å²) in [6.45, 7) is 6.73. The minimum Gasteiger partial charge on any atom is -0.306 e. The number of rotatable bonds is 9. The lowest BCUT2D eigenvalue weighted by Crippen LogP contribution is -2.29. The average molecular weight is 248 g/mol. The third-order valence-corrected chi connectivity index (χ3v) is 3.41. The Morgan fingerprint density at radius 2 is 1.89 bits per heavy atom. The molecular weight excluding hydrogens is 220 g/mol. The molecule has 0 aliphatic rings. The third kappa shape index (κ3) is 6.15. The van der Waals surface area contributed by atoms with E-state index in [1.165, 1.54) is 38.5 Å². The van der Waals surface area contributed by atoms with Crippen molar-refractivity contribution in [3.05, 3.63) is 30.1 Å². The summed E-state index contributed by atoms with van der Waals surface area (Å²) in [6.07, 6.45) is 9.93. The van der Waals surface area contributed by atoms with Crippen molar-refractivity contribution >= 4 is 0 Å². The zero-order chi connectivity index (χ0) is 13.2. The van der Waals surface area contributed by atoms with Gasteiger partial charge in [0.2, 0.25) is 0 Å². The molecule has 1 aromatic rings. The minimum absolute atomic E-state index is 0.344. The van der Waals surface area contributed by atoms with Gasteiger partial charge in [-0.1, -0.05) is 45.1 Å². The van der Waals surface area contributed by atoms with Crippen LogP contribution in [0.25, 0.3) is 0 Å². The van der Waals surface area contributed by atoms with E-state index >= 15 is 0 Å². The lowest BCUT2D eigenvalue weighted by Gasteiger charge is -2.19. The van der Waals surface area contributed by atoms with Crippen LogP contribution in [0.15, 0.2) is 24.4 Å². The molecule has 0 aromatic carbocycles. The smallest absolute Gasteiger partial charge is 0.0570 e. The average Bonchev–Trinajstić information content (AvgIpc) is 2.39. The zero-order valence-electron chi connectivity index (χ0n) is 12.2. The molecule has 102 valence electrons. The van der Waals surface area contributed by atoms with E-state index in [4.69, 9.17) is 0 Å². The van der Waals surface area contributed by atoms with E-state index in [1.54, 1.807) is 0 Å². The van der Waals surface area contributed by atoms with E-state index < -0.39 is 0 Å². The first kappa shape index (κ1) is 15.2. The lowest BCUT2D eigenvalue weighted by molar-refractivity contribution is 0.432. The summed E-state index contributed by atoms with van der Waals surface area (Å²) in [4.78, 5) is 4.39. The van der Waals surface area contributed by atoms with Crippen LogP contribution < -0.4 is 5.32 Å². The maximum atomic E-state index is 4.39. The molecule has 1 unspecified atom stereocenters. The molecule has 1 aromatic heterocycles. The summed E-state index contributed by atoms with van der Waals surface area (Å²) >= 11 is 0. The second-order valence-electron chi connectivity index (χ2n) is 5.25. The first-order valence-corrected chi connectivity index (χ1v) is 7.41. The Morgan fingerprint density at radius 1 is 1.11 bits per heavy atom. The molecule has 1 heterocycles. The summed E-state index contributed by atoms with van der Waals surface area (Å²) in [7, 11) is 0. The van der Waals surface area contributed by atoms with E-state index in [2.05, 4.69) is 43.2 Å². The highest BCUT2D eigenvalue weighted by molar-refractivity contribution is 5.07. The maximum absolute atomic E-state index is 4.39. The van der Waals surface area contributed by atoms with Gasteiger partial charge in [-0.3, -0.25) is 4.98 Å². The van der Waals surface area contributed by atoms with Crippen LogP contribution >= 0.6 is 0 Å². The van der Waals surface area contributed by atoms with Gasteiger partial charge in [-0.05, 0) is 32.4 Å². The van der Waals surface area contributed by atoms with E-state index in [0.29, 0.717) is 12.1 Å². The van der Waals surface area contributed by atoms with Gasteiger partial charge in [-0.15, -0.1) is 0 Å². The quantitative estimate of drug-likeness (QED) is 0.652. The van der Waals surface area contributed by atoms with Crippen molar-refractivity contribution in [2.75, 3.05) is 0 Å². The molecule has 0 saturated heterocycles. The van der Waals surface area contributed by atoms with E-state index in [-0.39, 0.29) is 0 Å². The van der Waals surface area contributed by atoms with Crippen LogP contribution in [-0.2, 0) is 0 Å². The number of nitrogens with one attached hydrogen (secondary N) is 1. The summed E-state index contributed by atoms with van der Waals surface area (Å²) in [5.74, 6) is 0. The summed E-state index contributed by atoms with van der Waals surface area (Å²) in [5.41, 5.74) is 1.13. The number of nitrogens with zero attached hydrogens (tertiary/aromatic N) is 1. The Morgan fingerprint density at radius 3 is 2.56 bits per heavy atom. The van der Waals surface area contributed by atoms with Gasteiger partial charge in [0, 0.05) is 18.3 Å². The van der Waals surface area contributed by atoms with Crippen molar-refractivity contribution in [3.63, 3.8) is 0 Å². The fourth-order valence-corrected chi connectivity index (χ4v) is 2.28. The Bertz CT molecular complexity index is 297. The summed E-state index contributed by atoms with van der Waals surface area (Å²) in [5, 5.41) is 3.62. The molecule has 2 atom stereocenters. The van der Waals surface area contributed by atoms with Crippen molar-refractivity contribution in [2.45, 2.75) is 71.4 Å². The third-order valence-electron chi connectivity index (χ3n) is 3.41. The molecule has 2 heteroatoms. The van der Waals surface area contributed by atoms with Crippen molar-refractivity contribution in [1.82, 2.24) is 10.3 Å². The predicted octanol–water partition coefficient (Wildman–Crippen LogP) is 4.48. The second kappa shape index (κ2) is 9.09. The highest BCUT2D eigenvalue weighted by atomic mass is 15.0. The molecule has 0 saturated carbocycles. The van der Waals surface area contributed by atoms with Gasteiger partial charge in [0.25, 0.3) is 0 Å². The molecule has 0 aliphatic heterocycles. The highest BCUT2D eigenvalue weighted by Gasteiger charge is 2.09. The van der Waals surface area contributed by atoms with Crippen LogP contribution in [-0.4, -0.2) is 11.0 Å². The van der Waals surface area contributed by atoms with Crippen LogP contribution in [0.5, 0.6) is 0 Å². The highest BCUT2D eigenvalue weighted by Crippen LogP contribution is 2.12. The van der Waals surface area contributed by atoms with Gasteiger partial charge in [-0.2, -0.15) is 0 Å². The lowest BCUT2D eigenvalue weighted by atomic mass is 10.1. The zero-order valence-corrected chi connectivity index (χ0v) is 12.2. The number of unbranched alkanes of at least 4 members (excludes halogenated alkanes) is 4. The van der Waals surface area contributed by atoms with Crippen molar-refractivity contribution < 1.29 is 0 Å². The van der Waals surface area contributed by atoms with Crippen LogP contribution in [0.1, 0.15) is 71.0 Å². The number of hydrogen-bond donors (Lipinski definition) is 1. The van der Waals surface area contributed by atoms with Crippen LogP contribution in [0.3, 0.4) is 0 Å². The van der Waals surface area contributed by atoms with E-state index in [9.17, 15) is 0 Å².